The number of hydroxylamine groups is 2. The van der Waals surface area contributed by atoms with Gasteiger partial charge in [0.15, 0.2) is 0 Å². The third-order valence-electron chi connectivity index (χ3n) is 6.38. The van der Waals surface area contributed by atoms with Crippen molar-refractivity contribution in [2.75, 3.05) is 6.54 Å². The number of ether oxygens (including phenoxy) is 1. The molecule has 2 atom stereocenters. The van der Waals surface area contributed by atoms with Gasteiger partial charge in [0, 0.05) is 18.5 Å². The smallest absolute Gasteiger partial charge is 0.407 e. The maximum absolute atomic E-state index is 12.9. The average molecular weight is 488 g/mol. The fraction of sp³-hybridized carbons (Fsp3) is 0.583. The number of urea groups is 1. The van der Waals surface area contributed by atoms with Crippen molar-refractivity contribution in [2.45, 2.75) is 76.8 Å². The van der Waals surface area contributed by atoms with E-state index in [4.69, 9.17) is 9.57 Å². The van der Waals surface area contributed by atoms with Crippen molar-refractivity contribution in [1.82, 2.24) is 26.1 Å². The molecule has 1 aliphatic carbocycles. The van der Waals surface area contributed by atoms with Crippen LogP contribution in [-0.4, -0.2) is 64.2 Å². The Morgan fingerprint density at radius 3 is 2.40 bits per heavy atom. The van der Waals surface area contributed by atoms with Crippen molar-refractivity contribution in [3.05, 3.63) is 35.9 Å². The molecule has 1 aromatic rings. The van der Waals surface area contributed by atoms with E-state index in [-0.39, 0.29) is 36.5 Å². The molecule has 3 N–H and O–H groups in total. The summed E-state index contributed by atoms with van der Waals surface area (Å²) in [7, 11) is 0. The van der Waals surface area contributed by atoms with Crippen molar-refractivity contribution in [3.63, 3.8) is 0 Å². The van der Waals surface area contributed by atoms with Gasteiger partial charge in [0.1, 0.15) is 18.2 Å². The predicted octanol–water partition coefficient (Wildman–Crippen LogP) is 1.84. The van der Waals surface area contributed by atoms with Gasteiger partial charge in [0.05, 0.1) is 6.04 Å². The molecule has 3 fully saturated rings. The zero-order chi connectivity index (χ0) is 25.2. The first-order chi connectivity index (χ1) is 16.6. The van der Waals surface area contributed by atoms with Gasteiger partial charge in [-0.25, -0.2) is 9.59 Å². The van der Waals surface area contributed by atoms with Crippen LogP contribution >= 0.6 is 0 Å². The van der Waals surface area contributed by atoms with Gasteiger partial charge in [0.2, 0.25) is 5.91 Å². The molecule has 2 aliphatic heterocycles. The Hall–Kier alpha value is -3.34. The molecule has 2 saturated heterocycles. The highest BCUT2D eigenvalue weighted by Gasteiger charge is 2.48. The number of nitrogens with one attached hydrogen (secondary N) is 3. The first-order valence-electron chi connectivity index (χ1n) is 12.0. The molecule has 4 rings (SSSR count). The summed E-state index contributed by atoms with van der Waals surface area (Å²) in [6.45, 7) is 6.02. The van der Waals surface area contributed by atoms with Crippen LogP contribution in [0.25, 0.3) is 0 Å². The third kappa shape index (κ3) is 6.02. The normalized spacial score (nSPS) is 25.5. The standard InChI is InChI=1S/C24H33N5O6/c1-24(2,3)35-22(32)25-17-11-16(12-17)20(30)26-27-21(31)19-10-9-18-13-28(19)23(33)29(18)34-14-15-7-5-4-6-8-15/h4-8,16-19H,9-14H2,1-3H3,(H,25,32)(H,26,30)(H,27,31). The molecule has 5 amide bonds. The van der Waals surface area contributed by atoms with Crippen molar-refractivity contribution in [3.8, 4) is 0 Å². The number of hydrogen-bond acceptors (Lipinski definition) is 6. The van der Waals surface area contributed by atoms with E-state index < -0.39 is 23.6 Å². The second kappa shape index (κ2) is 10.1. The van der Waals surface area contributed by atoms with E-state index in [1.165, 1.54) is 9.96 Å². The minimum atomic E-state index is -0.674. The second-order valence-electron chi connectivity index (χ2n) is 10.3. The van der Waals surface area contributed by atoms with E-state index in [9.17, 15) is 19.2 Å². The summed E-state index contributed by atoms with van der Waals surface area (Å²) in [5, 5.41) is 4.10. The van der Waals surface area contributed by atoms with E-state index in [1.807, 2.05) is 30.3 Å². The van der Waals surface area contributed by atoms with Gasteiger partial charge in [-0.3, -0.25) is 25.3 Å². The molecular formula is C24H33N5O6. The minimum absolute atomic E-state index is 0.103. The third-order valence-corrected chi connectivity index (χ3v) is 6.38. The number of rotatable bonds is 6. The van der Waals surface area contributed by atoms with Crippen LogP contribution in [0, 0.1) is 5.92 Å². The Kier molecular flexibility index (Phi) is 7.15. The highest BCUT2D eigenvalue weighted by atomic mass is 16.7. The summed E-state index contributed by atoms with van der Waals surface area (Å²) in [4.78, 5) is 57.1. The summed E-state index contributed by atoms with van der Waals surface area (Å²) in [6, 6.07) is 8.30. The Morgan fingerprint density at radius 2 is 1.71 bits per heavy atom. The van der Waals surface area contributed by atoms with Gasteiger partial charge >= 0.3 is 12.1 Å². The molecule has 35 heavy (non-hydrogen) atoms. The molecule has 2 unspecified atom stereocenters. The van der Waals surface area contributed by atoms with E-state index in [1.54, 1.807) is 20.8 Å². The number of hydrogen-bond donors (Lipinski definition) is 3. The highest BCUT2D eigenvalue weighted by Crippen LogP contribution is 2.31. The highest BCUT2D eigenvalue weighted by molar-refractivity contribution is 5.90. The first-order valence-corrected chi connectivity index (χ1v) is 12.0. The molecule has 3 aliphatic rings. The van der Waals surface area contributed by atoms with Gasteiger partial charge in [-0.15, -0.1) is 0 Å². The number of carbonyl (C=O) groups is 4. The van der Waals surface area contributed by atoms with Crippen molar-refractivity contribution >= 4 is 23.9 Å². The van der Waals surface area contributed by atoms with Crippen LogP contribution < -0.4 is 16.2 Å². The Labute approximate surface area is 204 Å². The molecule has 11 heteroatoms. The zero-order valence-corrected chi connectivity index (χ0v) is 20.3. The molecule has 2 bridgehead atoms. The Morgan fingerprint density at radius 1 is 1.03 bits per heavy atom. The van der Waals surface area contributed by atoms with Gasteiger partial charge in [-0.2, -0.15) is 5.06 Å². The predicted molar refractivity (Wildman–Crippen MR) is 124 cm³/mol. The van der Waals surface area contributed by atoms with Gasteiger partial charge in [0.25, 0.3) is 5.91 Å². The summed E-state index contributed by atoms with van der Waals surface area (Å²) < 4.78 is 5.21. The summed E-state index contributed by atoms with van der Waals surface area (Å²) in [5.74, 6) is -1.08. The number of hydrazine groups is 1. The van der Waals surface area contributed by atoms with Crippen LogP contribution in [0.4, 0.5) is 9.59 Å². The SMILES string of the molecule is CC(C)(C)OC(=O)NC1CC(C(=O)NNC(=O)C2CCC3CN2C(=O)N3OCc2ccccc2)C1. The maximum atomic E-state index is 12.9. The number of amides is 5. The average Bonchev–Trinajstić information content (AvgIpc) is 3.01. The fourth-order valence-electron chi connectivity index (χ4n) is 4.52. The second-order valence-corrected chi connectivity index (χ2v) is 10.3. The number of alkyl carbamates (subject to hydrolysis) is 1. The van der Waals surface area contributed by atoms with Crippen LogP contribution in [0.3, 0.4) is 0 Å². The fourth-order valence-corrected chi connectivity index (χ4v) is 4.52. The van der Waals surface area contributed by atoms with Crippen molar-refractivity contribution in [2.24, 2.45) is 5.92 Å². The topological polar surface area (TPSA) is 129 Å². The van der Waals surface area contributed by atoms with E-state index in [0.29, 0.717) is 32.2 Å². The molecule has 0 aromatic heterocycles. The lowest BCUT2D eigenvalue weighted by atomic mass is 9.80. The number of piperidine rings is 1. The molecule has 0 spiro atoms. The number of carbonyl (C=O) groups excluding carboxylic acids is 4. The summed E-state index contributed by atoms with van der Waals surface area (Å²) in [6.07, 6.45) is 1.52. The Balaban J connectivity index is 1.19. The summed E-state index contributed by atoms with van der Waals surface area (Å²) in [5.41, 5.74) is 5.28. The molecule has 1 aromatic carbocycles. The van der Waals surface area contributed by atoms with E-state index >= 15 is 0 Å². The van der Waals surface area contributed by atoms with E-state index in [0.717, 1.165) is 5.56 Å². The number of nitrogens with zero attached hydrogens (tertiary/aromatic N) is 2. The van der Waals surface area contributed by atoms with Crippen LogP contribution in [0.2, 0.25) is 0 Å². The molecule has 0 radical (unpaired) electrons. The zero-order valence-electron chi connectivity index (χ0n) is 20.3. The molecule has 11 nitrogen and oxygen atoms in total. The van der Waals surface area contributed by atoms with Gasteiger partial charge in [-0.1, -0.05) is 30.3 Å². The van der Waals surface area contributed by atoms with Crippen molar-refractivity contribution < 1.29 is 28.8 Å². The monoisotopic (exact) mass is 487 g/mol. The molecule has 1 saturated carbocycles. The number of benzene rings is 1. The quantitative estimate of drug-likeness (QED) is 0.525. The lowest BCUT2D eigenvalue weighted by Gasteiger charge is -2.35. The lowest BCUT2D eigenvalue weighted by molar-refractivity contribution is -0.140. The van der Waals surface area contributed by atoms with Crippen LogP contribution in [0.5, 0.6) is 0 Å². The molecule has 2 heterocycles. The largest absolute Gasteiger partial charge is 0.444 e. The van der Waals surface area contributed by atoms with Gasteiger partial charge < -0.3 is 15.0 Å². The van der Waals surface area contributed by atoms with Crippen molar-refractivity contribution in [1.29, 1.82) is 0 Å². The van der Waals surface area contributed by atoms with Gasteiger partial charge in [-0.05, 0) is 52.0 Å². The van der Waals surface area contributed by atoms with E-state index in [2.05, 4.69) is 16.2 Å². The number of fused-ring (bicyclic) bond motifs is 2. The summed E-state index contributed by atoms with van der Waals surface area (Å²) >= 11 is 0. The van der Waals surface area contributed by atoms with Crippen LogP contribution in [-0.2, 0) is 25.8 Å². The lowest BCUT2D eigenvalue weighted by Crippen LogP contribution is -2.57. The first kappa shape index (κ1) is 24.8. The van der Waals surface area contributed by atoms with Crippen LogP contribution in [0.1, 0.15) is 52.0 Å². The Bertz CT molecular complexity index is 959. The maximum Gasteiger partial charge on any atom is 0.407 e. The molecule has 190 valence electrons. The van der Waals surface area contributed by atoms with Crippen LogP contribution in [0.15, 0.2) is 30.3 Å². The minimum Gasteiger partial charge on any atom is -0.444 e. The molecular weight excluding hydrogens is 454 g/mol.